The summed E-state index contributed by atoms with van der Waals surface area (Å²) in [5.41, 5.74) is 2.03. The fourth-order valence-electron chi connectivity index (χ4n) is 4.10. The third-order valence-electron chi connectivity index (χ3n) is 6.11. The van der Waals surface area contributed by atoms with Gasteiger partial charge in [0, 0.05) is 18.7 Å². The predicted molar refractivity (Wildman–Crippen MR) is 137 cm³/mol. The molecule has 180 valence electrons. The van der Waals surface area contributed by atoms with Crippen molar-refractivity contribution in [1.82, 2.24) is 20.8 Å². The van der Waals surface area contributed by atoms with Gasteiger partial charge in [0.05, 0.1) is 28.5 Å². The largest absolute Gasteiger partial charge is 0.371 e. The van der Waals surface area contributed by atoms with E-state index in [2.05, 4.69) is 26.1 Å². The van der Waals surface area contributed by atoms with Crippen LogP contribution in [0.25, 0.3) is 10.2 Å². The summed E-state index contributed by atoms with van der Waals surface area (Å²) in [5, 5.41) is 17.1. The van der Waals surface area contributed by atoms with Crippen molar-refractivity contribution in [3.8, 4) is 0 Å². The van der Waals surface area contributed by atoms with Crippen molar-refractivity contribution < 1.29 is 14.3 Å². The van der Waals surface area contributed by atoms with Crippen LogP contribution in [0.2, 0.25) is 0 Å². The van der Waals surface area contributed by atoms with Crippen molar-refractivity contribution >= 4 is 39.2 Å². The van der Waals surface area contributed by atoms with Gasteiger partial charge in [-0.15, -0.1) is 11.3 Å². The minimum absolute atomic E-state index is 0.00549. The number of nitrogens with one attached hydrogen (secondary N) is 4. The molecule has 5 rings (SSSR count). The molecule has 0 bridgehead atoms. The third-order valence-corrected chi connectivity index (χ3v) is 7.14. The number of benzene rings is 2. The topological polar surface area (TPSA) is 108 Å². The number of anilines is 1. The van der Waals surface area contributed by atoms with Gasteiger partial charge in [0.2, 0.25) is 0 Å². The van der Waals surface area contributed by atoms with Gasteiger partial charge in [-0.25, -0.2) is 0 Å². The van der Waals surface area contributed by atoms with Crippen molar-refractivity contribution in [2.75, 3.05) is 25.0 Å². The monoisotopic (exact) mass is 489 g/mol. The maximum Gasteiger partial charge on any atom is 0.262 e. The third kappa shape index (κ3) is 4.97. The van der Waals surface area contributed by atoms with Crippen molar-refractivity contribution in [3.05, 3.63) is 82.2 Å². The first-order valence-electron chi connectivity index (χ1n) is 11.5. The highest BCUT2D eigenvalue weighted by Crippen LogP contribution is 2.30. The molecule has 4 aromatic rings. The van der Waals surface area contributed by atoms with Crippen LogP contribution in [0.15, 0.2) is 60.7 Å². The molecule has 2 aromatic heterocycles. The van der Waals surface area contributed by atoms with E-state index in [-0.39, 0.29) is 17.9 Å². The Morgan fingerprint density at radius 1 is 1.09 bits per heavy atom. The fraction of sp³-hybridized carbons (Fsp3) is 0.269. The minimum atomic E-state index is -0.532. The number of carbonyl (C=O) groups is 2. The first-order valence-corrected chi connectivity index (χ1v) is 12.3. The van der Waals surface area contributed by atoms with Gasteiger partial charge in [-0.05, 0) is 43.2 Å². The molecule has 1 fully saturated rings. The molecule has 1 aliphatic heterocycles. The van der Waals surface area contributed by atoms with Crippen LogP contribution in [-0.4, -0.2) is 41.7 Å². The standard InChI is InChI=1S/C26H27N5O3S/c1-26(2,18-6-4-3-5-7-18)29-24(33)21-14-19-22(30-31-25(19)35-21)28-23(32)17-10-8-16(9-11-17)20-15-27-12-13-34-20/h3-11,14,20,27H,12-13,15H2,1-2H3,(H,29,33)(H2,28,30,31,32). The van der Waals surface area contributed by atoms with E-state index in [0.717, 1.165) is 29.0 Å². The van der Waals surface area contributed by atoms with E-state index in [1.165, 1.54) is 11.3 Å². The van der Waals surface area contributed by atoms with Gasteiger partial charge in [0.15, 0.2) is 5.82 Å². The van der Waals surface area contributed by atoms with Gasteiger partial charge in [0.1, 0.15) is 4.83 Å². The summed E-state index contributed by atoms with van der Waals surface area (Å²) < 4.78 is 5.77. The zero-order chi connectivity index (χ0) is 24.4. The van der Waals surface area contributed by atoms with Crippen LogP contribution in [0.3, 0.4) is 0 Å². The van der Waals surface area contributed by atoms with Crippen molar-refractivity contribution in [1.29, 1.82) is 0 Å². The molecule has 2 aromatic carbocycles. The normalized spacial score (nSPS) is 16.2. The summed E-state index contributed by atoms with van der Waals surface area (Å²) in [6.45, 7) is 6.22. The number of ether oxygens (including phenoxy) is 1. The van der Waals surface area contributed by atoms with Gasteiger partial charge in [0.25, 0.3) is 11.8 Å². The Balaban J connectivity index is 1.28. The number of hydrogen-bond acceptors (Lipinski definition) is 6. The number of thiophene rings is 1. The number of aromatic nitrogens is 2. The van der Waals surface area contributed by atoms with E-state index < -0.39 is 5.54 Å². The smallest absolute Gasteiger partial charge is 0.262 e. The second-order valence-electron chi connectivity index (χ2n) is 9.01. The van der Waals surface area contributed by atoms with Crippen LogP contribution in [0, 0.1) is 0 Å². The molecule has 0 radical (unpaired) electrons. The van der Waals surface area contributed by atoms with Gasteiger partial charge < -0.3 is 20.7 Å². The Hall–Kier alpha value is -3.53. The molecule has 1 aliphatic rings. The maximum atomic E-state index is 13.0. The molecule has 4 N–H and O–H groups in total. The Morgan fingerprint density at radius 2 is 1.86 bits per heavy atom. The van der Waals surface area contributed by atoms with Gasteiger partial charge in [-0.1, -0.05) is 42.5 Å². The Bertz CT molecular complexity index is 1340. The maximum absolute atomic E-state index is 13.0. The quantitative estimate of drug-likeness (QED) is 0.325. The Kier molecular flexibility index (Phi) is 6.38. The van der Waals surface area contributed by atoms with E-state index in [4.69, 9.17) is 4.74 Å². The fourth-order valence-corrected chi connectivity index (χ4v) is 5.00. The molecule has 8 nitrogen and oxygen atoms in total. The number of aromatic amines is 1. The van der Waals surface area contributed by atoms with E-state index in [1.807, 2.05) is 56.3 Å². The number of rotatable bonds is 6. The lowest BCUT2D eigenvalue weighted by atomic mass is 9.94. The highest BCUT2D eigenvalue weighted by molar-refractivity contribution is 7.20. The number of carbonyl (C=O) groups excluding carboxylic acids is 2. The van der Waals surface area contributed by atoms with Crippen LogP contribution >= 0.6 is 11.3 Å². The second-order valence-corrected chi connectivity index (χ2v) is 10.1. The van der Waals surface area contributed by atoms with Crippen LogP contribution in [0.4, 0.5) is 5.82 Å². The SMILES string of the molecule is CC(C)(NC(=O)c1cc2c(NC(=O)c3ccc(C4CNCCO4)cc3)n[nH]c2s1)c1ccccc1. The molecular weight excluding hydrogens is 462 g/mol. The summed E-state index contributed by atoms with van der Waals surface area (Å²) in [4.78, 5) is 27.1. The van der Waals surface area contributed by atoms with E-state index in [1.54, 1.807) is 18.2 Å². The molecule has 35 heavy (non-hydrogen) atoms. The molecule has 0 saturated carbocycles. The molecule has 3 heterocycles. The van der Waals surface area contributed by atoms with E-state index >= 15 is 0 Å². The first kappa shape index (κ1) is 23.2. The number of hydrogen-bond donors (Lipinski definition) is 4. The summed E-state index contributed by atoms with van der Waals surface area (Å²) in [5.74, 6) is -0.0534. The molecule has 9 heteroatoms. The van der Waals surface area contributed by atoms with Crippen LogP contribution in [-0.2, 0) is 10.3 Å². The van der Waals surface area contributed by atoms with Crippen molar-refractivity contribution in [2.24, 2.45) is 0 Å². The van der Waals surface area contributed by atoms with E-state index in [9.17, 15) is 9.59 Å². The highest BCUT2D eigenvalue weighted by atomic mass is 32.1. The number of amides is 2. The first-order chi connectivity index (χ1) is 16.9. The molecule has 1 saturated heterocycles. The summed E-state index contributed by atoms with van der Waals surface area (Å²) >= 11 is 1.30. The lowest BCUT2D eigenvalue weighted by Crippen LogP contribution is -2.40. The summed E-state index contributed by atoms with van der Waals surface area (Å²) in [6.07, 6.45) is -0.00549. The molecule has 1 unspecified atom stereocenters. The van der Waals surface area contributed by atoms with Crippen molar-refractivity contribution in [2.45, 2.75) is 25.5 Å². The van der Waals surface area contributed by atoms with Gasteiger partial charge >= 0.3 is 0 Å². The average molecular weight is 490 g/mol. The molecule has 2 amide bonds. The van der Waals surface area contributed by atoms with Gasteiger partial charge in [-0.2, -0.15) is 5.10 Å². The molecule has 0 aliphatic carbocycles. The van der Waals surface area contributed by atoms with Crippen molar-refractivity contribution in [3.63, 3.8) is 0 Å². The second kappa shape index (κ2) is 9.61. The zero-order valence-corrected chi connectivity index (χ0v) is 20.4. The Labute approximate surface area is 207 Å². The summed E-state index contributed by atoms with van der Waals surface area (Å²) in [6, 6.07) is 19.0. The number of morpholine rings is 1. The lowest BCUT2D eigenvalue weighted by Gasteiger charge is -2.26. The highest BCUT2D eigenvalue weighted by Gasteiger charge is 2.25. The number of nitrogens with zero attached hydrogens (tertiary/aromatic N) is 1. The summed E-state index contributed by atoms with van der Waals surface area (Å²) in [7, 11) is 0. The molecular formula is C26H27N5O3S. The lowest BCUT2D eigenvalue weighted by molar-refractivity contribution is 0.0277. The number of H-pyrrole nitrogens is 1. The molecule has 1 atom stereocenters. The average Bonchev–Trinajstić information content (AvgIpc) is 3.47. The zero-order valence-electron chi connectivity index (χ0n) is 19.6. The minimum Gasteiger partial charge on any atom is -0.371 e. The van der Waals surface area contributed by atoms with Crippen LogP contribution in [0.5, 0.6) is 0 Å². The van der Waals surface area contributed by atoms with Crippen LogP contribution < -0.4 is 16.0 Å². The van der Waals surface area contributed by atoms with Crippen LogP contribution in [0.1, 0.15) is 51.1 Å². The Morgan fingerprint density at radius 3 is 2.57 bits per heavy atom. The van der Waals surface area contributed by atoms with Gasteiger partial charge in [-0.3, -0.25) is 14.7 Å². The number of fused-ring (bicyclic) bond motifs is 1. The molecule has 0 spiro atoms. The van der Waals surface area contributed by atoms with E-state index in [0.29, 0.717) is 28.3 Å². The predicted octanol–water partition coefficient (Wildman–Crippen LogP) is 4.20.